The van der Waals surface area contributed by atoms with Gasteiger partial charge in [-0.3, -0.25) is 0 Å². The molecule has 0 heterocycles. The van der Waals surface area contributed by atoms with E-state index in [2.05, 4.69) is 11.3 Å². The Kier molecular flexibility index (Phi) is 3.49. The molecule has 0 atom stereocenters. The van der Waals surface area contributed by atoms with E-state index < -0.39 is 10.0 Å². The highest BCUT2D eigenvalue weighted by atomic mass is 32.2. The normalized spacial score (nSPS) is 11.3. The number of anilines is 1. The number of nitrogen functional groups attached to an aromatic ring is 1. The number of nitrogens with one attached hydrogen (secondary N) is 1. The van der Waals surface area contributed by atoms with E-state index in [1.165, 1.54) is 12.1 Å². The SMILES string of the molecule is C=C(C)CNS(=O)(=O)c1cccc(N)c1. The van der Waals surface area contributed by atoms with Gasteiger partial charge in [0.1, 0.15) is 0 Å². The highest BCUT2D eigenvalue weighted by Gasteiger charge is 2.12. The molecule has 1 aromatic carbocycles. The smallest absolute Gasteiger partial charge is 0.240 e. The molecule has 0 radical (unpaired) electrons. The first-order chi connectivity index (χ1) is 6.92. The molecule has 0 amide bonds. The third-order valence-corrected chi connectivity index (χ3v) is 3.13. The minimum Gasteiger partial charge on any atom is -0.399 e. The highest BCUT2D eigenvalue weighted by molar-refractivity contribution is 7.89. The maximum absolute atomic E-state index is 11.7. The van der Waals surface area contributed by atoms with Gasteiger partial charge in [-0.25, -0.2) is 13.1 Å². The third kappa shape index (κ3) is 3.38. The van der Waals surface area contributed by atoms with E-state index in [-0.39, 0.29) is 11.4 Å². The van der Waals surface area contributed by atoms with Gasteiger partial charge in [0.15, 0.2) is 0 Å². The molecule has 0 unspecified atom stereocenters. The molecule has 0 fully saturated rings. The van der Waals surface area contributed by atoms with Crippen LogP contribution < -0.4 is 10.5 Å². The minimum absolute atomic E-state index is 0.170. The number of hydrogen-bond acceptors (Lipinski definition) is 3. The van der Waals surface area contributed by atoms with E-state index in [9.17, 15) is 8.42 Å². The van der Waals surface area contributed by atoms with Crippen LogP contribution in [0.25, 0.3) is 0 Å². The van der Waals surface area contributed by atoms with Gasteiger partial charge >= 0.3 is 0 Å². The van der Waals surface area contributed by atoms with Crippen molar-refractivity contribution >= 4 is 15.7 Å². The van der Waals surface area contributed by atoms with Crippen LogP contribution in [-0.2, 0) is 10.0 Å². The molecular formula is C10H14N2O2S. The molecule has 1 aromatic rings. The van der Waals surface area contributed by atoms with Crippen molar-refractivity contribution in [3.63, 3.8) is 0 Å². The van der Waals surface area contributed by atoms with Gasteiger partial charge in [-0.15, -0.1) is 0 Å². The Morgan fingerprint density at radius 3 is 2.73 bits per heavy atom. The second kappa shape index (κ2) is 4.46. The molecule has 0 aliphatic rings. The average Bonchev–Trinajstić information content (AvgIpc) is 2.15. The first-order valence-corrected chi connectivity index (χ1v) is 5.90. The van der Waals surface area contributed by atoms with E-state index >= 15 is 0 Å². The van der Waals surface area contributed by atoms with Crippen LogP contribution in [0.1, 0.15) is 6.92 Å². The zero-order chi connectivity index (χ0) is 11.5. The van der Waals surface area contributed by atoms with Crippen LogP contribution in [0.2, 0.25) is 0 Å². The fourth-order valence-corrected chi connectivity index (χ4v) is 2.14. The monoisotopic (exact) mass is 226 g/mol. The predicted molar refractivity (Wildman–Crippen MR) is 60.9 cm³/mol. The van der Waals surface area contributed by atoms with Crippen molar-refractivity contribution < 1.29 is 8.42 Å². The second-order valence-electron chi connectivity index (χ2n) is 3.35. The number of rotatable bonds is 4. The van der Waals surface area contributed by atoms with Crippen LogP contribution in [0, 0.1) is 0 Å². The van der Waals surface area contributed by atoms with Gasteiger partial charge < -0.3 is 5.73 Å². The Morgan fingerprint density at radius 2 is 2.20 bits per heavy atom. The molecule has 4 nitrogen and oxygen atoms in total. The van der Waals surface area contributed by atoms with Crippen molar-refractivity contribution in [3.8, 4) is 0 Å². The summed E-state index contributed by atoms with van der Waals surface area (Å²) in [5.41, 5.74) is 6.68. The summed E-state index contributed by atoms with van der Waals surface area (Å²) in [7, 11) is -3.47. The summed E-state index contributed by atoms with van der Waals surface area (Å²) in [5.74, 6) is 0. The average molecular weight is 226 g/mol. The lowest BCUT2D eigenvalue weighted by Gasteiger charge is -2.06. The third-order valence-electron chi connectivity index (χ3n) is 1.73. The van der Waals surface area contributed by atoms with Crippen LogP contribution in [0.3, 0.4) is 0 Å². The lowest BCUT2D eigenvalue weighted by Crippen LogP contribution is -2.25. The number of benzene rings is 1. The zero-order valence-electron chi connectivity index (χ0n) is 8.53. The highest BCUT2D eigenvalue weighted by Crippen LogP contribution is 2.12. The van der Waals surface area contributed by atoms with E-state index in [1.807, 2.05) is 0 Å². The molecule has 0 spiro atoms. The molecule has 1 rings (SSSR count). The first-order valence-electron chi connectivity index (χ1n) is 4.41. The molecule has 0 saturated heterocycles. The quantitative estimate of drug-likeness (QED) is 0.597. The summed E-state index contributed by atoms with van der Waals surface area (Å²) in [4.78, 5) is 0.170. The van der Waals surface area contributed by atoms with Gasteiger partial charge in [-0.2, -0.15) is 0 Å². The molecule has 82 valence electrons. The van der Waals surface area contributed by atoms with E-state index in [4.69, 9.17) is 5.73 Å². The van der Waals surface area contributed by atoms with Crippen LogP contribution in [0.15, 0.2) is 41.3 Å². The van der Waals surface area contributed by atoms with Gasteiger partial charge in [0.2, 0.25) is 10.0 Å². The molecule has 5 heteroatoms. The molecule has 0 aliphatic heterocycles. The van der Waals surface area contributed by atoms with Gasteiger partial charge in [-0.1, -0.05) is 18.2 Å². The number of sulfonamides is 1. The van der Waals surface area contributed by atoms with Crippen molar-refractivity contribution in [2.24, 2.45) is 0 Å². The number of nitrogens with two attached hydrogens (primary N) is 1. The molecule has 0 aromatic heterocycles. The topological polar surface area (TPSA) is 72.2 Å². The van der Waals surface area contributed by atoms with Crippen LogP contribution in [0.5, 0.6) is 0 Å². The van der Waals surface area contributed by atoms with Crippen LogP contribution in [-0.4, -0.2) is 15.0 Å². The van der Waals surface area contributed by atoms with Crippen LogP contribution >= 0.6 is 0 Å². The van der Waals surface area contributed by atoms with Crippen molar-refractivity contribution in [2.75, 3.05) is 12.3 Å². The number of hydrogen-bond donors (Lipinski definition) is 2. The summed E-state index contributed by atoms with van der Waals surface area (Å²) in [6.07, 6.45) is 0. The van der Waals surface area contributed by atoms with Gasteiger partial charge in [0, 0.05) is 12.2 Å². The predicted octanol–water partition coefficient (Wildman–Crippen LogP) is 1.12. The zero-order valence-corrected chi connectivity index (χ0v) is 9.34. The summed E-state index contributed by atoms with van der Waals surface area (Å²) in [5, 5.41) is 0. The van der Waals surface area contributed by atoms with Gasteiger partial charge in [-0.05, 0) is 25.1 Å². The summed E-state index contributed by atoms with van der Waals surface area (Å²) >= 11 is 0. The van der Waals surface area contributed by atoms with Gasteiger partial charge in [0.25, 0.3) is 0 Å². The summed E-state index contributed by atoms with van der Waals surface area (Å²) in [6.45, 7) is 5.60. The lowest BCUT2D eigenvalue weighted by atomic mass is 10.3. The molecule has 3 N–H and O–H groups in total. The second-order valence-corrected chi connectivity index (χ2v) is 5.12. The van der Waals surface area contributed by atoms with E-state index in [0.717, 1.165) is 5.57 Å². The molecule has 0 aliphatic carbocycles. The van der Waals surface area contributed by atoms with Crippen LogP contribution in [0.4, 0.5) is 5.69 Å². The Morgan fingerprint density at radius 1 is 1.53 bits per heavy atom. The summed E-state index contributed by atoms with van der Waals surface area (Å²) in [6, 6.07) is 6.15. The standard InChI is InChI=1S/C10H14N2O2S/c1-8(2)7-12-15(13,14)10-5-3-4-9(11)6-10/h3-6,12H,1,7,11H2,2H3. The Bertz CT molecular complexity index is 466. The largest absolute Gasteiger partial charge is 0.399 e. The molecule has 0 bridgehead atoms. The fourth-order valence-electron chi connectivity index (χ4n) is 0.983. The molecular weight excluding hydrogens is 212 g/mol. The molecule has 0 saturated carbocycles. The maximum Gasteiger partial charge on any atom is 0.240 e. The fraction of sp³-hybridized carbons (Fsp3) is 0.200. The van der Waals surface area contributed by atoms with E-state index in [0.29, 0.717) is 5.69 Å². The Balaban J connectivity index is 2.91. The van der Waals surface area contributed by atoms with Crippen molar-refractivity contribution in [1.29, 1.82) is 0 Å². The maximum atomic E-state index is 11.7. The Hall–Kier alpha value is -1.33. The summed E-state index contributed by atoms with van der Waals surface area (Å²) < 4.78 is 25.8. The first kappa shape index (κ1) is 11.7. The Labute approximate surface area is 89.9 Å². The van der Waals surface area contributed by atoms with E-state index in [1.54, 1.807) is 19.1 Å². The molecule has 15 heavy (non-hydrogen) atoms. The minimum atomic E-state index is -3.47. The lowest BCUT2D eigenvalue weighted by molar-refractivity contribution is 0.585. The van der Waals surface area contributed by atoms with Crippen molar-refractivity contribution in [3.05, 3.63) is 36.4 Å². The van der Waals surface area contributed by atoms with Crippen molar-refractivity contribution in [2.45, 2.75) is 11.8 Å². The van der Waals surface area contributed by atoms with Gasteiger partial charge in [0.05, 0.1) is 4.90 Å². The van der Waals surface area contributed by atoms with Crippen molar-refractivity contribution in [1.82, 2.24) is 4.72 Å².